The summed E-state index contributed by atoms with van der Waals surface area (Å²) in [5, 5.41) is 4.20. The first kappa shape index (κ1) is 14.9. The van der Waals surface area contributed by atoms with Crippen LogP contribution in [0.5, 0.6) is 0 Å². The summed E-state index contributed by atoms with van der Waals surface area (Å²) in [5.74, 6) is 1.30. The van der Waals surface area contributed by atoms with E-state index in [1.807, 2.05) is 7.05 Å². The molecule has 0 aliphatic rings. The van der Waals surface area contributed by atoms with Crippen molar-refractivity contribution in [2.24, 2.45) is 0 Å². The van der Waals surface area contributed by atoms with E-state index in [-0.39, 0.29) is 0 Å². The van der Waals surface area contributed by atoms with E-state index in [1.165, 1.54) is 21.6 Å². The van der Waals surface area contributed by atoms with E-state index >= 15 is 0 Å². The highest BCUT2D eigenvalue weighted by Gasteiger charge is 2.15. The van der Waals surface area contributed by atoms with Crippen LogP contribution in [0.15, 0.2) is 34.4 Å². The van der Waals surface area contributed by atoms with Gasteiger partial charge in [-0.05, 0) is 31.4 Å². The Kier molecular flexibility index (Phi) is 4.65. The Balaban J connectivity index is 2.43. The van der Waals surface area contributed by atoms with Crippen LogP contribution in [0, 0.1) is 13.8 Å². The molecule has 0 amide bonds. The summed E-state index contributed by atoms with van der Waals surface area (Å²) in [4.78, 5) is 10.0. The number of rotatable bonds is 4. The third kappa shape index (κ3) is 3.12. The van der Waals surface area contributed by atoms with Gasteiger partial charge >= 0.3 is 0 Å². The lowest BCUT2D eigenvalue weighted by molar-refractivity contribution is 0.806. The fourth-order valence-electron chi connectivity index (χ4n) is 2.20. The smallest absolute Gasteiger partial charge is 0.133 e. The number of benzene rings is 1. The molecule has 0 atom stereocenters. The van der Waals surface area contributed by atoms with Crippen molar-refractivity contribution < 1.29 is 0 Å². The normalized spacial score (nSPS) is 10.9. The van der Waals surface area contributed by atoms with Crippen LogP contribution in [-0.4, -0.2) is 17.0 Å². The summed E-state index contributed by atoms with van der Waals surface area (Å²) >= 11 is 1.72. The molecule has 0 aliphatic heterocycles. The molecule has 3 nitrogen and oxygen atoms in total. The van der Waals surface area contributed by atoms with Crippen LogP contribution in [-0.2, 0) is 0 Å². The van der Waals surface area contributed by atoms with Gasteiger partial charge in [-0.15, -0.1) is 0 Å². The molecular weight excluding hydrogens is 266 g/mol. The molecule has 0 saturated carbocycles. The average molecular weight is 287 g/mol. The van der Waals surface area contributed by atoms with Gasteiger partial charge in [-0.2, -0.15) is 0 Å². The van der Waals surface area contributed by atoms with Crippen molar-refractivity contribution in [1.29, 1.82) is 0 Å². The van der Waals surface area contributed by atoms with E-state index in [4.69, 9.17) is 0 Å². The number of nitrogens with one attached hydrogen (secondary N) is 1. The van der Waals surface area contributed by atoms with Gasteiger partial charge in [-0.3, -0.25) is 0 Å². The Bertz CT molecular complexity index is 609. The first-order valence-corrected chi connectivity index (χ1v) is 7.62. The molecular formula is C16H21N3S. The molecule has 0 radical (unpaired) electrons. The van der Waals surface area contributed by atoms with Crippen LogP contribution in [0.25, 0.3) is 0 Å². The Labute approximate surface area is 125 Å². The van der Waals surface area contributed by atoms with Gasteiger partial charge in [0.15, 0.2) is 0 Å². The fraction of sp³-hybridized carbons (Fsp3) is 0.375. The van der Waals surface area contributed by atoms with Crippen LogP contribution >= 0.6 is 11.8 Å². The fourth-order valence-corrected chi connectivity index (χ4v) is 3.30. The lowest BCUT2D eigenvalue weighted by atomic mass is 10.1. The summed E-state index contributed by atoms with van der Waals surface area (Å²) < 4.78 is 0. The molecule has 0 bridgehead atoms. The van der Waals surface area contributed by atoms with Crippen molar-refractivity contribution in [1.82, 2.24) is 9.97 Å². The molecule has 0 unspecified atom stereocenters. The van der Waals surface area contributed by atoms with Crippen molar-refractivity contribution >= 4 is 17.6 Å². The van der Waals surface area contributed by atoms with E-state index in [1.54, 1.807) is 18.1 Å². The lowest BCUT2D eigenvalue weighted by Crippen LogP contribution is -2.04. The van der Waals surface area contributed by atoms with Crippen molar-refractivity contribution in [3.8, 4) is 0 Å². The molecule has 106 valence electrons. The first-order valence-electron chi connectivity index (χ1n) is 6.80. The van der Waals surface area contributed by atoms with Gasteiger partial charge in [-0.1, -0.05) is 43.3 Å². The second-order valence-electron chi connectivity index (χ2n) is 5.22. The summed E-state index contributed by atoms with van der Waals surface area (Å²) in [6.07, 6.45) is 1.63. The van der Waals surface area contributed by atoms with Crippen LogP contribution in [0.1, 0.15) is 36.5 Å². The molecule has 20 heavy (non-hydrogen) atoms. The summed E-state index contributed by atoms with van der Waals surface area (Å²) in [6, 6.07) is 6.52. The van der Waals surface area contributed by atoms with E-state index in [0.717, 1.165) is 10.8 Å². The Morgan fingerprint density at radius 2 is 1.90 bits per heavy atom. The number of hydrogen-bond donors (Lipinski definition) is 1. The minimum Gasteiger partial charge on any atom is -0.373 e. The topological polar surface area (TPSA) is 37.8 Å². The zero-order valence-electron chi connectivity index (χ0n) is 12.7. The maximum atomic E-state index is 4.48. The largest absolute Gasteiger partial charge is 0.373 e. The molecule has 0 spiro atoms. The molecule has 2 aromatic rings. The minimum atomic E-state index is 0.381. The molecule has 1 aromatic heterocycles. The lowest BCUT2D eigenvalue weighted by Gasteiger charge is -2.15. The second-order valence-corrected chi connectivity index (χ2v) is 6.25. The van der Waals surface area contributed by atoms with Gasteiger partial charge in [0, 0.05) is 17.5 Å². The van der Waals surface area contributed by atoms with Crippen LogP contribution in [0.3, 0.4) is 0 Å². The predicted octanol–water partition coefficient (Wildman–Crippen LogP) is 4.41. The molecule has 4 heteroatoms. The van der Waals surface area contributed by atoms with Gasteiger partial charge in [0.2, 0.25) is 0 Å². The van der Waals surface area contributed by atoms with Crippen molar-refractivity contribution in [3.63, 3.8) is 0 Å². The first-order chi connectivity index (χ1) is 9.52. The predicted molar refractivity (Wildman–Crippen MR) is 85.7 cm³/mol. The number of anilines is 1. The van der Waals surface area contributed by atoms with E-state index in [9.17, 15) is 0 Å². The zero-order chi connectivity index (χ0) is 14.7. The van der Waals surface area contributed by atoms with Crippen LogP contribution in [0.2, 0.25) is 0 Å². The van der Waals surface area contributed by atoms with Gasteiger partial charge in [-0.25, -0.2) is 9.97 Å². The Morgan fingerprint density at radius 3 is 2.50 bits per heavy atom. The Morgan fingerprint density at radius 1 is 1.15 bits per heavy atom. The molecule has 1 heterocycles. The third-order valence-electron chi connectivity index (χ3n) is 3.20. The van der Waals surface area contributed by atoms with Crippen molar-refractivity contribution in [2.45, 2.75) is 43.5 Å². The number of aromatic nitrogens is 2. The maximum Gasteiger partial charge on any atom is 0.133 e. The average Bonchev–Trinajstić information content (AvgIpc) is 2.41. The highest BCUT2D eigenvalue weighted by molar-refractivity contribution is 7.99. The summed E-state index contributed by atoms with van der Waals surface area (Å²) in [6.45, 7) is 8.60. The van der Waals surface area contributed by atoms with Crippen molar-refractivity contribution in [3.05, 3.63) is 41.2 Å². The molecule has 1 aromatic carbocycles. The SMILES string of the molecule is CNc1ncnc(Sc2ccc(C)cc2C)c1C(C)C. The van der Waals surface area contributed by atoms with Gasteiger partial charge in [0.05, 0.1) is 0 Å². The van der Waals surface area contributed by atoms with Crippen LogP contribution < -0.4 is 5.32 Å². The summed E-state index contributed by atoms with van der Waals surface area (Å²) in [5.41, 5.74) is 3.75. The standard InChI is InChI=1S/C16H21N3S/c1-10(2)14-15(17-5)18-9-19-16(14)20-13-7-6-11(3)8-12(13)4/h6-10H,1-5H3,(H,17,18,19). The van der Waals surface area contributed by atoms with E-state index in [0.29, 0.717) is 5.92 Å². The Hall–Kier alpha value is -1.55. The molecule has 1 N–H and O–H groups in total. The number of aryl methyl sites for hydroxylation is 2. The molecule has 0 fully saturated rings. The van der Waals surface area contributed by atoms with Crippen LogP contribution in [0.4, 0.5) is 5.82 Å². The van der Waals surface area contributed by atoms with Gasteiger partial charge < -0.3 is 5.32 Å². The molecule has 2 rings (SSSR count). The van der Waals surface area contributed by atoms with Gasteiger partial charge in [0.1, 0.15) is 17.2 Å². The van der Waals surface area contributed by atoms with E-state index < -0.39 is 0 Å². The highest BCUT2D eigenvalue weighted by atomic mass is 32.2. The molecule has 0 aliphatic carbocycles. The highest BCUT2D eigenvalue weighted by Crippen LogP contribution is 2.36. The van der Waals surface area contributed by atoms with E-state index in [2.05, 4.69) is 61.2 Å². The summed E-state index contributed by atoms with van der Waals surface area (Å²) in [7, 11) is 1.90. The number of nitrogens with zero attached hydrogens (tertiary/aromatic N) is 2. The third-order valence-corrected chi connectivity index (χ3v) is 4.40. The monoisotopic (exact) mass is 287 g/mol. The number of hydrogen-bond acceptors (Lipinski definition) is 4. The quantitative estimate of drug-likeness (QED) is 0.845. The minimum absolute atomic E-state index is 0.381. The van der Waals surface area contributed by atoms with Crippen molar-refractivity contribution in [2.75, 3.05) is 12.4 Å². The second kappa shape index (κ2) is 6.27. The molecule has 0 saturated heterocycles. The maximum absolute atomic E-state index is 4.48. The van der Waals surface area contributed by atoms with Gasteiger partial charge in [0.25, 0.3) is 0 Å². The zero-order valence-corrected chi connectivity index (χ0v) is 13.5.